The van der Waals surface area contributed by atoms with Crippen molar-refractivity contribution in [2.45, 2.75) is 20.8 Å². The third-order valence-electron chi connectivity index (χ3n) is 2.64. The Bertz CT molecular complexity index is 468. The Morgan fingerprint density at radius 3 is 2.46 bits per heavy atom. The number of benzene rings is 1. The lowest BCUT2D eigenvalue weighted by Gasteiger charge is -1.99. The summed E-state index contributed by atoms with van der Waals surface area (Å²) in [5.41, 5.74) is 4.48. The molecule has 0 aliphatic heterocycles. The Morgan fingerprint density at radius 2 is 1.85 bits per heavy atom. The molecule has 1 aromatic heterocycles. The van der Waals surface area contributed by atoms with Gasteiger partial charge in [-0.1, -0.05) is 6.07 Å². The van der Waals surface area contributed by atoms with E-state index >= 15 is 0 Å². The van der Waals surface area contributed by atoms with Gasteiger partial charge in [0.15, 0.2) is 0 Å². The maximum atomic E-state index is 9.67. The van der Waals surface area contributed by atoms with E-state index in [1.807, 2.05) is 26.8 Å². The third-order valence-corrected chi connectivity index (χ3v) is 2.64. The first kappa shape index (κ1) is 8.17. The zero-order chi connectivity index (χ0) is 9.59. The molecule has 68 valence electrons. The highest BCUT2D eigenvalue weighted by atomic mass is 16.3. The normalized spacial score (nSPS) is 11.0. The van der Waals surface area contributed by atoms with Gasteiger partial charge in [-0.2, -0.15) is 0 Å². The second kappa shape index (κ2) is 2.52. The molecule has 2 aromatic rings. The first-order chi connectivity index (χ1) is 6.11. The Hall–Kier alpha value is -1.44. The smallest absolute Gasteiger partial charge is 0.125 e. The van der Waals surface area contributed by atoms with Gasteiger partial charge < -0.3 is 10.1 Å². The topological polar surface area (TPSA) is 36.0 Å². The van der Waals surface area contributed by atoms with Crippen LogP contribution < -0.4 is 0 Å². The minimum absolute atomic E-state index is 0.363. The second-order valence-electron chi connectivity index (χ2n) is 3.53. The summed E-state index contributed by atoms with van der Waals surface area (Å²) in [4.78, 5) is 3.28. The van der Waals surface area contributed by atoms with E-state index in [4.69, 9.17) is 0 Å². The van der Waals surface area contributed by atoms with Crippen molar-refractivity contribution in [3.05, 3.63) is 29.0 Å². The molecule has 0 spiro atoms. The number of rotatable bonds is 0. The monoisotopic (exact) mass is 175 g/mol. The van der Waals surface area contributed by atoms with E-state index in [1.54, 1.807) is 6.07 Å². The highest BCUT2D eigenvalue weighted by molar-refractivity contribution is 5.92. The van der Waals surface area contributed by atoms with Crippen molar-refractivity contribution in [1.82, 2.24) is 4.98 Å². The van der Waals surface area contributed by atoms with E-state index in [1.165, 1.54) is 5.56 Å². The molecule has 1 heterocycles. The van der Waals surface area contributed by atoms with Crippen molar-refractivity contribution in [2.24, 2.45) is 0 Å². The van der Waals surface area contributed by atoms with Crippen LogP contribution in [0.3, 0.4) is 0 Å². The van der Waals surface area contributed by atoms with E-state index in [0.717, 1.165) is 22.2 Å². The van der Waals surface area contributed by atoms with Crippen LogP contribution in [-0.2, 0) is 0 Å². The van der Waals surface area contributed by atoms with Gasteiger partial charge >= 0.3 is 0 Å². The number of aromatic hydroxyl groups is 1. The van der Waals surface area contributed by atoms with Crippen molar-refractivity contribution in [3.8, 4) is 5.75 Å². The fourth-order valence-electron chi connectivity index (χ4n) is 1.71. The molecule has 0 fully saturated rings. The first-order valence-corrected chi connectivity index (χ1v) is 4.38. The van der Waals surface area contributed by atoms with Gasteiger partial charge in [0.2, 0.25) is 0 Å². The summed E-state index contributed by atoms with van der Waals surface area (Å²) >= 11 is 0. The second-order valence-corrected chi connectivity index (χ2v) is 3.53. The van der Waals surface area contributed by atoms with E-state index in [0.29, 0.717) is 5.75 Å². The highest BCUT2D eigenvalue weighted by Crippen LogP contribution is 2.31. The molecule has 2 nitrogen and oxygen atoms in total. The SMILES string of the molecule is Cc1[nH]c2c(C)ccc(O)c2c1C. The number of phenolic OH excluding ortho intramolecular Hbond substituents is 1. The first-order valence-electron chi connectivity index (χ1n) is 4.38. The van der Waals surface area contributed by atoms with E-state index < -0.39 is 0 Å². The maximum absolute atomic E-state index is 9.67. The molecule has 0 saturated carbocycles. The summed E-state index contributed by atoms with van der Waals surface area (Å²) in [7, 11) is 0. The summed E-state index contributed by atoms with van der Waals surface area (Å²) in [6.07, 6.45) is 0. The Kier molecular flexibility index (Phi) is 1.59. The number of fused-ring (bicyclic) bond motifs is 1. The van der Waals surface area contributed by atoms with Crippen molar-refractivity contribution in [1.29, 1.82) is 0 Å². The average molecular weight is 175 g/mol. The molecule has 2 N–H and O–H groups in total. The molecule has 2 heteroatoms. The van der Waals surface area contributed by atoms with Crippen molar-refractivity contribution < 1.29 is 5.11 Å². The fourth-order valence-corrected chi connectivity index (χ4v) is 1.71. The van der Waals surface area contributed by atoms with Crippen LogP contribution in [0.25, 0.3) is 10.9 Å². The van der Waals surface area contributed by atoms with Gasteiger partial charge in [0.25, 0.3) is 0 Å². The van der Waals surface area contributed by atoms with E-state index in [9.17, 15) is 5.11 Å². The van der Waals surface area contributed by atoms with Crippen LogP contribution in [0.2, 0.25) is 0 Å². The molecular formula is C11H13NO. The number of aromatic nitrogens is 1. The number of aryl methyl sites for hydroxylation is 3. The molecule has 0 aliphatic carbocycles. The molecule has 0 unspecified atom stereocenters. The van der Waals surface area contributed by atoms with Crippen molar-refractivity contribution in [3.63, 3.8) is 0 Å². The number of hydrogen-bond acceptors (Lipinski definition) is 1. The number of hydrogen-bond donors (Lipinski definition) is 2. The molecule has 2 rings (SSSR count). The van der Waals surface area contributed by atoms with Crippen LogP contribution in [0.5, 0.6) is 5.75 Å². The predicted octanol–water partition coefficient (Wildman–Crippen LogP) is 2.80. The van der Waals surface area contributed by atoms with Gasteiger partial charge in [-0.25, -0.2) is 0 Å². The Balaban J connectivity index is 3.00. The fraction of sp³-hybridized carbons (Fsp3) is 0.273. The summed E-state index contributed by atoms with van der Waals surface area (Å²) < 4.78 is 0. The molecule has 13 heavy (non-hydrogen) atoms. The van der Waals surface area contributed by atoms with Gasteiger partial charge in [0, 0.05) is 11.1 Å². The molecule has 0 saturated heterocycles. The maximum Gasteiger partial charge on any atom is 0.125 e. The number of aromatic amines is 1. The molecular weight excluding hydrogens is 162 g/mol. The van der Waals surface area contributed by atoms with Gasteiger partial charge in [-0.15, -0.1) is 0 Å². The number of H-pyrrole nitrogens is 1. The van der Waals surface area contributed by atoms with Crippen molar-refractivity contribution >= 4 is 10.9 Å². The summed E-state index contributed by atoms with van der Waals surface area (Å²) in [6.45, 7) is 6.08. The zero-order valence-electron chi connectivity index (χ0n) is 8.10. The quantitative estimate of drug-likeness (QED) is 0.634. The molecule has 0 atom stereocenters. The average Bonchev–Trinajstić information content (AvgIpc) is 2.38. The van der Waals surface area contributed by atoms with Gasteiger partial charge in [0.1, 0.15) is 5.75 Å². The van der Waals surface area contributed by atoms with E-state index in [2.05, 4.69) is 4.98 Å². The van der Waals surface area contributed by atoms with Gasteiger partial charge in [-0.3, -0.25) is 0 Å². The van der Waals surface area contributed by atoms with Gasteiger partial charge in [-0.05, 0) is 38.0 Å². The molecule has 1 aromatic carbocycles. The summed E-state index contributed by atoms with van der Waals surface area (Å²) in [6, 6.07) is 3.67. The highest BCUT2D eigenvalue weighted by Gasteiger charge is 2.09. The standard InChI is InChI=1S/C11H13NO/c1-6-4-5-9(13)10-7(2)8(3)12-11(6)10/h4-5,12-13H,1-3H3. The lowest BCUT2D eigenvalue weighted by Crippen LogP contribution is -1.76. The number of phenols is 1. The number of nitrogens with one attached hydrogen (secondary N) is 1. The van der Waals surface area contributed by atoms with Gasteiger partial charge in [0.05, 0.1) is 5.52 Å². The third kappa shape index (κ3) is 1.02. The zero-order valence-corrected chi connectivity index (χ0v) is 8.10. The predicted molar refractivity (Wildman–Crippen MR) is 54.2 cm³/mol. The molecule has 0 amide bonds. The largest absolute Gasteiger partial charge is 0.507 e. The molecule has 0 radical (unpaired) electrons. The Morgan fingerprint density at radius 1 is 1.15 bits per heavy atom. The summed E-state index contributed by atoms with van der Waals surface area (Å²) in [5, 5.41) is 10.6. The van der Waals surface area contributed by atoms with Crippen LogP contribution in [-0.4, -0.2) is 10.1 Å². The lowest BCUT2D eigenvalue weighted by atomic mass is 10.1. The van der Waals surface area contributed by atoms with Crippen LogP contribution in [0.1, 0.15) is 16.8 Å². The van der Waals surface area contributed by atoms with Crippen LogP contribution >= 0.6 is 0 Å². The van der Waals surface area contributed by atoms with E-state index in [-0.39, 0.29) is 0 Å². The molecule has 0 bridgehead atoms. The van der Waals surface area contributed by atoms with Crippen LogP contribution in [0.15, 0.2) is 12.1 Å². The lowest BCUT2D eigenvalue weighted by molar-refractivity contribution is 0.481. The minimum atomic E-state index is 0.363. The van der Waals surface area contributed by atoms with Crippen LogP contribution in [0, 0.1) is 20.8 Å². The van der Waals surface area contributed by atoms with Crippen molar-refractivity contribution in [2.75, 3.05) is 0 Å². The minimum Gasteiger partial charge on any atom is -0.507 e. The molecule has 0 aliphatic rings. The summed E-state index contributed by atoms with van der Waals surface area (Å²) in [5.74, 6) is 0.363. The Labute approximate surface area is 77.2 Å². The van der Waals surface area contributed by atoms with Crippen LogP contribution in [0.4, 0.5) is 0 Å².